The van der Waals surface area contributed by atoms with Gasteiger partial charge in [0, 0.05) is 13.0 Å². The zero-order valence-corrected chi connectivity index (χ0v) is 12.3. The van der Waals surface area contributed by atoms with Crippen molar-refractivity contribution < 1.29 is 9.90 Å². The summed E-state index contributed by atoms with van der Waals surface area (Å²) in [4.78, 5) is 11.7. The summed E-state index contributed by atoms with van der Waals surface area (Å²) >= 11 is 1.52. The van der Waals surface area contributed by atoms with Crippen molar-refractivity contribution in [2.75, 3.05) is 6.54 Å². The first-order valence-electron chi connectivity index (χ1n) is 6.65. The van der Waals surface area contributed by atoms with Crippen LogP contribution >= 0.6 is 11.3 Å². The van der Waals surface area contributed by atoms with Crippen molar-refractivity contribution in [3.05, 3.63) is 57.8 Å². The standard InChI is InChI=1S/C16H16N2O2S/c17-9-13-3-1-12(2-4-13)5-6-16(20)18-10-15(19)14-7-8-21-11-14/h1-4,7-8,11,15,19H,5-6,10H2,(H,18,20). The molecule has 108 valence electrons. The zero-order chi connectivity index (χ0) is 15.1. The smallest absolute Gasteiger partial charge is 0.220 e. The summed E-state index contributed by atoms with van der Waals surface area (Å²) in [5.41, 5.74) is 2.46. The lowest BCUT2D eigenvalue weighted by atomic mass is 10.1. The number of nitrogens with one attached hydrogen (secondary N) is 1. The van der Waals surface area contributed by atoms with Crippen LogP contribution < -0.4 is 5.32 Å². The highest BCUT2D eigenvalue weighted by Crippen LogP contribution is 2.15. The van der Waals surface area contributed by atoms with Crippen LogP contribution in [0.1, 0.15) is 29.2 Å². The lowest BCUT2D eigenvalue weighted by Crippen LogP contribution is -2.28. The number of nitriles is 1. The number of rotatable bonds is 6. The summed E-state index contributed by atoms with van der Waals surface area (Å²) in [7, 11) is 0. The van der Waals surface area contributed by atoms with Gasteiger partial charge in [-0.15, -0.1) is 0 Å². The van der Waals surface area contributed by atoms with Gasteiger partial charge in [-0.2, -0.15) is 16.6 Å². The maximum atomic E-state index is 11.7. The number of thiophene rings is 1. The molecule has 1 atom stereocenters. The summed E-state index contributed by atoms with van der Waals surface area (Å²) in [5, 5.41) is 25.1. The predicted octanol–water partition coefficient (Wildman–Crippen LogP) is 2.40. The Kier molecular flexibility index (Phi) is 5.50. The maximum absolute atomic E-state index is 11.7. The Hall–Kier alpha value is -2.16. The number of benzene rings is 1. The fraction of sp³-hybridized carbons (Fsp3) is 0.250. The van der Waals surface area contributed by atoms with Crippen LogP contribution in [0.2, 0.25) is 0 Å². The molecule has 5 heteroatoms. The normalized spacial score (nSPS) is 11.6. The molecule has 0 aliphatic heterocycles. The number of aryl methyl sites for hydroxylation is 1. The van der Waals surface area contributed by atoms with Gasteiger partial charge in [-0.1, -0.05) is 12.1 Å². The molecule has 1 aromatic heterocycles. The highest BCUT2D eigenvalue weighted by Gasteiger charge is 2.09. The molecule has 0 spiro atoms. The summed E-state index contributed by atoms with van der Waals surface area (Å²) in [5.74, 6) is -0.0892. The van der Waals surface area contributed by atoms with Gasteiger partial charge < -0.3 is 10.4 Å². The Morgan fingerprint density at radius 2 is 2.10 bits per heavy atom. The second-order valence-corrected chi connectivity index (χ2v) is 5.47. The Balaban J connectivity index is 1.73. The minimum Gasteiger partial charge on any atom is -0.387 e. The first-order valence-corrected chi connectivity index (χ1v) is 7.59. The number of hydrogen-bond acceptors (Lipinski definition) is 4. The largest absolute Gasteiger partial charge is 0.387 e. The van der Waals surface area contributed by atoms with Crippen LogP contribution in [-0.2, 0) is 11.2 Å². The van der Waals surface area contributed by atoms with Crippen LogP contribution in [0, 0.1) is 11.3 Å². The van der Waals surface area contributed by atoms with Gasteiger partial charge in [-0.3, -0.25) is 4.79 Å². The molecule has 21 heavy (non-hydrogen) atoms. The summed E-state index contributed by atoms with van der Waals surface area (Å²) in [6.07, 6.45) is 0.323. The van der Waals surface area contributed by atoms with Gasteiger partial charge in [0.2, 0.25) is 5.91 Å². The fourth-order valence-electron chi connectivity index (χ4n) is 1.89. The molecular weight excluding hydrogens is 284 g/mol. The first-order chi connectivity index (χ1) is 10.2. The molecule has 1 unspecified atom stereocenters. The van der Waals surface area contributed by atoms with E-state index in [4.69, 9.17) is 5.26 Å². The lowest BCUT2D eigenvalue weighted by molar-refractivity contribution is -0.121. The first kappa shape index (κ1) is 15.2. The molecule has 0 radical (unpaired) electrons. The average molecular weight is 300 g/mol. The topological polar surface area (TPSA) is 73.1 Å². The number of carbonyl (C=O) groups excluding carboxylic acids is 1. The van der Waals surface area contributed by atoms with E-state index in [0.717, 1.165) is 11.1 Å². The zero-order valence-electron chi connectivity index (χ0n) is 11.5. The van der Waals surface area contributed by atoms with Gasteiger partial charge in [0.25, 0.3) is 0 Å². The molecule has 0 fully saturated rings. The van der Waals surface area contributed by atoms with Gasteiger partial charge in [0.1, 0.15) is 0 Å². The quantitative estimate of drug-likeness (QED) is 0.860. The molecule has 4 nitrogen and oxygen atoms in total. The van der Waals surface area contributed by atoms with Crippen LogP contribution in [0.25, 0.3) is 0 Å². The highest BCUT2D eigenvalue weighted by atomic mass is 32.1. The molecule has 2 N–H and O–H groups in total. The molecule has 1 amide bonds. The number of carbonyl (C=O) groups is 1. The van der Waals surface area contributed by atoms with Gasteiger partial charge in [0.15, 0.2) is 0 Å². The van der Waals surface area contributed by atoms with E-state index >= 15 is 0 Å². The van der Waals surface area contributed by atoms with Crippen molar-refractivity contribution in [2.24, 2.45) is 0 Å². The van der Waals surface area contributed by atoms with Gasteiger partial charge in [0.05, 0.1) is 17.7 Å². The van der Waals surface area contributed by atoms with E-state index in [0.29, 0.717) is 18.4 Å². The van der Waals surface area contributed by atoms with E-state index in [1.54, 1.807) is 12.1 Å². The van der Waals surface area contributed by atoms with E-state index in [2.05, 4.69) is 11.4 Å². The van der Waals surface area contributed by atoms with Gasteiger partial charge >= 0.3 is 0 Å². The third kappa shape index (κ3) is 4.71. The summed E-state index contributed by atoms with van der Waals surface area (Å²) in [6, 6.07) is 11.1. The number of nitrogens with zero attached hydrogens (tertiary/aromatic N) is 1. The van der Waals surface area contributed by atoms with Crippen molar-refractivity contribution in [2.45, 2.75) is 18.9 Å². The van der Waals surface area contributed by atoms with Crippen molar-refractivity contribution in [1.82, 2.24) is 5.32 Å². The molecule has 1 heterocycles. The second kappa shape index (κ2) is 7.58. The Morgan fingerprint density at radius 3 is 2.71 bits per heavy atom. The van der Waals surface area contributed by atoms with Crippen molar-refractivity contribution in [3.63, 3.8) is 0 Å². The SMILES string of the molecule is N#Cc1ccc(CCC(=O)NCC(O)c2ccsc2)cc1. The molecule has 0 saturated heterocycles. The van der Waals surface area contributed by atoms with Crippen LogP contribution in [0.3, 0.4) is 0 Å². The molecular formula is C16H16N2O2S. The Morgan fingerprint density at radius 1 is 1.33 bits per heavy atom. The van der Waals surface area contributed by atoms with E-state index in [1.807, 2.05) is 29.0 Å². The number of aliphatic hydroxyl groups excluding tert-OH is 1. The third-order valence-electron chi connectivity index (χ3n) is 3.14. The van der Waals surface area contributed by atoms with E-state index < -0.39 is 6.10 Å². The van der Waals surface area contributed by atoms with Crippen LogP contribution in [0.15, 0.2) is 41.1 Å². The van der Waals surface area contributed by atoms with E-state index in [9.17, 15) is 9.90 Å². The molecule has 0 aliphatic carbocycles. The van der Waals surface area contributed by atoms with Crippen molar-refractivity contribution in [1.29, 1.82) is 5.26 Å². The highest BCUT2D eigenvalue weighted by molar-refractivity contribution is 7.07. The Bertz CT molecular complexity index is 615. The predicted molar refractivity (Wildman–Crippen MR) is 81.8 cm³/mol. The molecule has 0 aliphatic rings. The number of hydrogen-bond donors (Lipinski definition) is 2. The molecule has 2 aromatic rings. The number of aliphatic hydroxyl groups is 1. The summed E-state index contributed by atoms with van der Waals surface area (Å²) in [6.45, 7) is 0.225. The van der Waals surface area contributed by atoms with E-state index in [-0.39, 0.29) is 12.5 Å². The molecule has 0 bridgehead atoms. The average Bonchev–Trinajstić information content (AvgIpc) is 3.05. The monoisotopic (exact) mass is 300 g/mol. The van der Waals surface area contributed by atoms with Gasteiger partial charge in [-0.05, 0) is 46.5 Å². The minimum atomic E-state index is -0.657. The number of amides is 1. The van der Waals surface area contributed by atoms with Crippen molar-refractivity contribution in [3.8, 4) is 6.07 Å². The lowest BCUT2D eigenvalue weighted by Gasteiger charge is -2.10. The van der Waals surface area contributed by atoms with Crippen LogP contribution in [-0.4, -0.2) is 17.6 Å². The van der Waals surface area contributed by atoms with Gasteiger partial charge in [-0.25, -0.2) is 0 Å². The molecule has 2 rings (SSSR count). The van der Waals surface area contributed by atoms with Crippen LogP contribution in [0.5, 0.6) is 0 Å². The van der Waals surface area contributed by atoms with Crippen LogP contribution in [0.4, 0.5) is 0 Å². The summed E-state index contributed by atoms with van der Waals surface area (Å²) < 4.78 is 0. The third-order valence-corrected chi connectivity index (χ3v) is 3.85. The van der Waals surface area contributed by atoms with E-state index in [1.165, 1.54) is 11.3 Å². The minimum absolute atomic E-state index is 0.0892. The molecule has 1 aromatic carbocycles. The second-order valence-electron chi connectivity index (χ2n) is 4.69. The van der Waals surface area contributed by atoms with Crippen molar-refractivity contribution >= 4 is 17.2 Å². The molecule has 0 saturated carbocycles. The fourth-order valence-corrected chi connectivity index (χ4v) is 2.59. The Labute approximate surface area is 127 Å². The maximum Gasteiger partial charge on any atom is 0.220 e.